The van der Waals surface area contributed by atoms with Crippen LogP contribution in [0.4, 0.5) is 0 Å². The van der Waals surface area contributed by atoms with Crippen molar-refractivity contribution in [2.75, 3.05) is 7.11 Å². The van der Waals surface area contributed by atoms with Crippen molar-refractivity contribution >= 4 is 62.0 Å². The molecule has 1 N–H and O–H groups in total. The molecule has 1 atom stereocenters. The second-order valence-corrected chi connectivity index (χ2v) is 7.48. The van der Waals surface area contributed by atoms with Crippen molar-refractivity contribution in [1.82, 2.24) is 15.3 Å². The number of nitrogens with one attached hydrogen (secondary N) is 1. The van der Waals surface area contributed by atoms with Crippen LogP contribution in [0.1, 0.15) is 15.9 Å². The molecule has 144 valence electrons. The van der Waals surface area contributed by atoms with E-state index in [-0.39, 0.29) is 22.0 Å². The Labute approximate surface area is 179 Å². The summed E-state index contributed by atoms with van der Waals surface area (Å²) in [5.74, 6) is -1.17. The van der Waals surface area contributed by atoms with Gasteiger partial charge < -0.3 is 10.1 Å². The summed E-state index contributed by atoms with van der Waals surface area (Å²) >= 11 is 15.6. The molecule has 1 heterocycles. The number of halogens is 3. The molecule has 0 aliphatic rings. The molecule has 0 spiro atoms. The number of amides is 1. The summed E-state index contributed by atoms with van der Waals surface area (Å²) in [6.45, 7) is 0. The van der Waals surface area contributed by atoms with Gasteiger partial charge in [0.1, 0.15) is 11.6 Å². The van der Waals surface area contributed by atoms with E-state index in [1.807, 2.05) is 12.1 Å². The highest BCUT2D eigenvalue weighted by atomic mass is 79.9. The van der Waals surface area contributed by atoms with Gasteiger partial charge in [-0.2, -0.15) is 0 Å². The van der Waals surface area contributed by atoms with Crippen molar-refractivity contribution in [3.8, 4) is 0 Å². The fourth-order valence-electron chi connectivity index (χ4n) is 2.74. The predicted molar refractivity (Wildman–Crippen MR) is 111 cm³/mol. The molecule has 1 aromatic heterocycles. The van der Waals surface area contributed by atoms with E-state index in [9.17, 15) is 9.59 Å². The molecule has 1 amide bonds. The van der Waals surface area contributed by atoms with Crippen LogP contribution in [-0.4, -0.2) is 35.0 Å². The molecule has 2 aromatic carbocycles. The number of hydrogen-bond donors (Lipinski definition) is 1. The zero-order valence-corrected chi connectivity index (χ0v) is 17.7. The van der Waals surface area contributed by atoms with Gasteiger partial charge in [0.15, 0.2) is 0 Å². The van der Waals surface area contributed by atoms with Crippen molar-refractivity contribution in [2.24, 2.45) is 0 Å². The van der Waals surface area contributed by atoms with Gasteiger partial charge in [0, 0.05) is 23.3 Å². The Hall–Kier alpha value is -2.22. The molecule has 0 aliphatic carbocycles. The number of methoxy groups -OCH3 is 1. The maximum Gasteiger partial charge on any atom is 0.328 e. The minimum atomic E-state index is -0.962. The summed E-state index contributed by atoms with van der Waals surface area (Å²) in [6, 6.07) is 7.39. The molecular weight excluding hydrogens is 469 g/mol. The van der Waals surface area contributed by atoms with E-state index in [4.69, 9.17) is 27.9 Å². The fraction of sp³-hybridized carbons (Fsp3) is 0.158. The highest BCUT2D eigenvalue weighted by Crippen LogP contribution is 2.26. The normalized spacial score (nSPS) is 11.9. The van der Waals surface area contributed by atoms with Crippen LogP contribution < -0.4 is 5.32 Å². The average Bonchev–Trinajstić information content (AvgIpc) is 2.69. The largest absolute Gasteiger partial charge is 0.467 e. The summed E-state index contributed by atoms with van der Waals surface area (Å²) in [5.41, 5.74) is 2.10. The Bertz CT molecular complexity index is 1040. The highest BCUT2D eigenvalue weighted by molar-refractivity contribution is 9.10. The third-order valence-electron chi connectivity index (χ3n) is 4.06. The molecular formula is C19H14BrCl2N3O3. The second kappa shape index (κ2) is 8.86. The summed E-state index contributed by atoms with van der Waals surface area (Å²) in [7, 11) is 1.25. The Balaban J connectivity index is 1.93. The zero-order chi connectivity index (χ0) is 20.3. The van der Waals surface area contributed by atoms with Crippen LogP contribution in [0.5, 0.6) is 0 Å². The average molecular weight is 483 g/mol. The van der Waals surface area contributed by atoms with Gasteiger partial charge >= 0.3 is 5.97 Å². The van der Waals surface area contributed by atoms with Crippen molar-refractivity contribution in [3.05, 3.63) is 68.4 Å². The molecule has 0 radical (unpaired) electrons. The molecule has 0 bridgehead atoms. The maximum absolute atomic E-state index is 12.7. The lowest BCUT2D eigenvalue weighted by molar-refractivity contribution is -0.142. The number of benzene rings is 2. The van der Waals surface area contributed by atoms with E-state index in [0.29, 0.717) is 11.0 Å². The van der Waals surface area contributed by atoms with Crippen LogP contribution in [-0.2, 0) is 16.0 Å². The standard InChI is InChI=1S/C19H14BrCl2N3O3/c1-28-19(27)14(25-18(26)15-12(21)3-2-4-13(15)22)9-10-5-6-11(20)17-16(10)23-7-8-24-17/h2-8,14H,9H2,1H3,(H,25,26). The third kappa shape index (κ3) is 4.27. The van der Waals surface area contributed by atoms with Crippen molar-refractivity contribution < 1.29 is 14.3 Å². The highest BCUT2D eigenvalue weighted by Gasteiger charge is 2.26. The summed E-state index contributed by atoms with van der Waals surface area (Å²) in [6.07, 6.45) is 3.30. The van der Waals surface area contributed by atoms with Crippen LogP contribution in [0.3, 0.4) is 0 Å². The first-order valence-electron chi connectivity index (χ1n) is 8.13. The van der Waals surface area contributed by atoms with Gasteiger partial charge in [-0.3, -0.25) is 14.8 Å². The summed E-state index contributed by atoms with van der Waals surface area (Å²) in [4.78, 5) is 33.7. The van der Waals surface area contributed by atoms with Crippen LogP contribution in [0.25, 0.3) is 11.0 Å². The van der Waals surface area contributed by atoms with Crippen LogP contribution >= 0.6 is 39.1 Å². The number of hydrogen-bond acceptors (Lipinski definition) is 5. The first kappa shape index (κ1) is 20.5. The number of esters is 1. The van der Waals surface area contributed by atoms with Crippen molar-refractivity contribution in [2.45, 2.75) is 12.5 Å². The van der Waals surface area contributed by atoms with Gasteiger partial charge in [-0.15, -0.1) is 0 Å². The van der Waals surface area contributed by atoms with Gasteiger partial charge in [-0.05, 0) is 39.7 Å². The van der Waals surface area contributed by atoms with Crippen LogP contribution in [0.15, 0.2) is 47.2 Å². The number of carbonyl (C=O) groups excluding carboxylic acids is 2. The Morgan fingerprint density at radius 1 is 1.11 bits per heavy atom. The van der Waals surface area contributed by atoms with Gasteiger partial charge in [0.25, 0.3) is 5.91 Å². The van der Waals surface area contributed by atoms with Crippen molar-refractivity contribution in [3.63, 3.8) is 0 Å². The Morgan fingerprint density at radius 3 is 2.39 bits per heavy atom. The lowest BCUT2D eigenvalue weighted by atomic mass is 10.0. The number of aromatic nitrogens is 2. The number of carbonyl (C=O) groups is 2. The molecule has 1 unspecified atom stereocenters. The van der Waals surface area contributed by atoms with Gasteiger partial charge in [-0.25, -0.2) is 4.79 Å². The van der Waals surface area contributed by atoms with E-state index in [1.54, 1.807) is 30.6 Å². The second-order valence-electron chi connectivity index (χ2n) is 5.81. The molecule has 0 saturated carbocycles. The minimum Gasteiger partial charge on any atom is -0.467 e. The monoisotopic (exact) mass is 481 g/mol. The van der Waals surface area contributed by atoms with Gasteiger partial charge in [0.2, 0.25) is 0 Å². The quantitative estimate of drug-likeness (QED) is 0.551. The lowest BCUT2D eigenvalue weighted by Crippen LogP contribution is -2.43. The Kier molecular flexibility index (Phi) is 6.49. The third-order valence-corrected chi connectivity index (χ3v) is 5.33. The van der Waals surface area contributed by atoms with Crippen LogP contribution in [0.2, 0.25) is 10.0 Å². The number of rotatable bonds is 5. The number of ether oxygens (including phenoxy) is 1. The van der Waals surface area contributed by atoms with E-state index >= 15 is 0 Å². The number of nitrogens with zero attached hydrogens (tertiary/aromatic N) is 2. The van der Waals surface area contributed by atoms with E-state index < -0.39 is 17.9 Å². The lowest BCUT2D eigenvalue weighted by Gasteiger charge is -2.18. The van der Waals surface area contributed by atoms with Crippen molar-refractivity contribution in [1.29, 1.82) is 0 Å². The molecule has 3 aromatic rings. The van der Waals surface area contributed by atoms with E-state index in [1.165, 1.54) is 7.11 Å². The fourth-order valence-corrected chi connectivity index (χ4v) is 3.74. The molecule has 3 rings (SSSR count). The van der Waals surface area contributed by atoms with Crippen LogP contribution in [0, 0.1) is 0 Å². The first-order chi connectivity index (χ1) is 13.4. The molecule has 0 saturated heterocycles. The Morgan fingerprint density at radius 2 is 1.75 bits per heavy atom. The first-order valence-corrected chi connectivity index (χ1v) is 9.68. The molecule has 6 nitrogen and oxygen atoms in total. The minimum absolute atomic E-state index is 0.0974. The smallest absolute Gasteiger partial charge is 0.328 e. The molecule has 0 aliphatic heterocycles. The zero-order valence-electron chi connectivity index (χ0n) is 14.6. The van der Waals surface area contributed by atoms with Gasteiger partial charge in [0.05, 0.1) is 28.2 Å². The topological polar surface area (TPSA) is 81.2 Å². The SMILES string of the molecule is COC(=O)C(Cc1ccc(Br)c2nccnc12)NC(=O)c1c(Cl)cccc1Cl. The van der Waals surface area contributed by atoms with Gasteiger partial charge in [-0.1, -0.05) is 35.3 Å². The van der Waals surface area contributed by atoms with E-state index in [0.717, 1.165) is 10.0 Å². The summed E-state index contributed by atoms with van der Waals surface area (Å²) in [5, 5.41) is 3.03. The predicted octanol–water partition coefficient (Wildman–Crippen LogP) is 4.21. The number of fused-ring (bicyclic) bond motifs is 1. The molecule has 9 heteroatoms. The molecule has 28 heavy (non-hydrogen) atoms. The summed E-state index contributed by atoms with van der Waals surface area (Å²) < 4.78 is 5.63. The maximum atomic E-state index is 12.7. The van der Waals surface area contributed by atoms with E-state index in [2.05, 4.69) is 31.2 Å². The molecule has 0 fully saturated rings.